The van der Waals surface area contributed by atoms with Crippen LogP contribution in [-0.4, -0.2) is 11.8 Å². The van der Waals surface area contributed by atoms with Gasteiger partial charge in [-0.15, -0.1) is 22.7 Å². The average molecular weight is 348 g/mol. The minimum Gasteiger partial charge on any atom is -0.266 e. The molecule has 0 saturated carbocycles. The third kappa shape index (κ3) is 3.82. The van der Waals surface area contributed by atoms with Crippen LogP contribution in [0.2, 0.25) is 0 Å². The van der Waals surface area contributed by atoms with E-state index in [1.807, 2.05) is 24.4 Å². The van der Waals surface area contributed by atoms with Gasteiger partial charge in [-0.1, -0.05) is 12.8 Å². The van der Waals surface area contributed by atoms with Gasteiger partial charge in [-0.05, 0) is 61.2 Å². The Bertz CT molecular complexity index is 693. The van der Waals surface area contributed by atoms with Gasteiger partial charge in [0.1, 0.15) is 0 Å². The van der Waals surface area contributed by atoms with Gasteiger partial charge in [0.25, 0.3) is 11.8 Å². The second kappa shape index (κ2) is 7.27. The van der Waals surface area contributed by atoms with Crippen molar-refractivity contribution in [3.8, 4) is 0 Å². The first kappa shape index (κ1) is 16.2. The number of thiophene rings is 2. The number of fused-ring (bicyclic) bond motifs is 1. The highest BCUT2D eigenvalue weighted by Crippen LogP contribution is 2.28. The standard InChI is InChI=1S/C17H20N2O2S2/c1-11-8-9-22-15(11)17(21)19-18-16(20)14-10-12-6-4-2-3-5-7-13(12)23-14/h8-10H,2-7H2,1H3,(H,18,20)(H,19,21). The Balaban J connectivity index is 1.63. The van der Waals surface area contributed by atoms with Gasteiger partial charge in [0, 0.05) is 4.88 Å². The van der Waals surface area contributed by atoms with Crippen LogP contribution in [0.5, 0.6) is 0 Å². The van der Waals surface area contributed by atoms with Gasteiger partial charge in [0.15, 0.2) is 0 Å². The van der Waals surface area contributed by atoms with E-state index in [4.69, 9.17) is 0 Å². The second-order valence-electron chi connectivity index (χ2n) is 5.81. The molecule has 0 spiro atoms. The number of nitrogens with one attached hydrogen (secondary N) is 2. The second-order valence-corrected chi connectivity index (χ2v) is 7.87. The minimum atomic E-state index is -0.263. The monoisotopic (exact) mass is 348 g/mol. The van der Waals surface area contributed by atoms with E-state index in [1.54, 1.807) is 11.3 Å². The molecule has 0 fully saturated rings. The summed E-state index contributed by atoms with van der Waals surface area (Å²) in [6.07, 6.45) is 7.05. The van der Waals surface area contributed by atoms with Crippen molar-refractivity contribution in [1.29, 1.82) is 0 Å². The van der Waals surface area contributed by atoms with E-state index in [9.17, 15) is 9.59 Å². The van der Waals surface area contributed by atoms with Crippen LogP contribution in [0.15, 0.2) is 17.5 Å². The third-order valence-corrected chi connectivity index (χ3v) is 6.33. The van der Waals surface area contributed by atoms with Crippen LogP contribution in [0.25, 0.3) is 0 Å². The quantitative estimate of drug-likeness (QED) is 0.810. The van der Waals surface area contributed by atoms with Crippen LogP contribution < -0.4 is 10.9 Å². The zero-order valence-corrected chi connectivity index (χ0v) is 14.7. The fourth-order valence-corrected chi connectivity index (χ4v) is 4.76. The normalized spacial score (nSPS) is 14.5. The molecule has 0 saturated heterocycles. The fraction of sp³-hybridized carbons (Fsp3) is 0.412. The van der Waals surface area contributed by atoms with Crippen LogP contribution in [-0.2, 0) is 12.8 Å². The van der Waals surface area contributed by atoms with Gasteiger partial charge in [-0.2, -0.15) is 0 Å². The van der Waals surface area contributed by atoms with Crippen molar-refractivity contribution in [3.63, 3.8) is 0 Å². The lowest BCUT2D eigenvalue weighted by Gasteiger charge is -2.07. The summed E-state index contributed by atoms with van der Waals surface area (Å²) >= 11 is 2.93. The van der Waals surface area contributed by atoms with Gasteiger partial charge in [-0.3, -0.25) is 20.4 Å². The Morgan fingerprint density at radius 2 is 1.78 bits per heavy atom. The van der Waals surface area contributed by atoms with E-state index in [0.29, 0.717) is 9.75 Å². The van der Waals surface area contributed by atoms with E-state index in [2.05, 4.69) is 10.9 Å². The molecule has 6 heteroatoms. The van der Waals surface area contributed by atoms with Crippen molar-refractivity contribution >= 4 is 34.5 Å². The lowest BCUT2D eigenvalue weighted by Crippen LogP contribution is -2.41. The summed E-state index contributed by atoms with van der Waals surface area (Å²) < 4.78 is 0. The number of hydrazine groups is 1. The lowest BCUT2D eigenvalue weighted by molar-refractivity contribution is 0.0851. The van der Waals surface area contributed by atoms with E-state index in [0.717, 1.165) is 18.4 Å². The zero-order valence-electron chi connectivity index (χ0n) is 13.1. The first-order valence-electron chi connectivity index (χ1n) is 7.91. The minimum absolute atomic E-state index is 0.232. The molecule has 0 atom stereocenters. The van der Waals surface area contributed by atoms with Crippen LogP contribution in [0.3, 0.4) is 0 Å². The Hall–Kier alpha value is -1.66. The molecule has 23 heavy (non-hydrogen) atoms. The summed E-state index contributed by atoms with van der Waals surface area (Å²) in [7, 11) is 0. The number of hydrogen-bond acceptors (Lipinski definition) is 4. The fourth-order valence-electron chi connectivity index (χ4n) is 2.79. The molecule has 0 bridgehead atoms. The maximum atomic E-state index is 12.3. The van der Waals surface area contributed by atoms with E-state index >= 15 is 0 Å². The number of amides is 2. The van der Waals surface area contributed by atoms with Crippen molar-refractivity contribution in [1.82, 2.24) is 10.9 Å². The summed E-state index contributed by atoms with van der Waals surface area (Å²) in [5.74, 6) is -0.495. The van der Waals surface area contributed by atoms with Crippen LogP contribution >= 0.6 is 22.7 Å². The Labute approximate surface area is 143 Å². The number of aryl methyl sites for hydroxylation is 3. The maximum Gasteiger partial charge on any atom is 0.280 e. The van der Waals surface area contributed by atoms with Crippen molar-refractivity contribution in [2.75, 3.05) is 0 Å². The van der Waals surface area contributed by atoms with Gasteiger partial charge >= 0.3 is 0 Å². The summed E-state index contributed by atoms with van der Waals surface area (Å²) in [6.45, 7) is 1.88. The molecular weight excluding hydrogens is 328 g/mol. The zero-order chi connectivity index (χ0) is 16.2. The molecule has 0 radical (unpaired) electrons. The molecular formula is C17H20N2O2S2. The van der Waals surface area contributed by atoms with Crippen molar-refractivity contribution < 1.29 is 9.59 Å². The van der Waals surface area contributed by atoms with Gasteiger partial charge in [0.2, 0.25) is 0 Å². The molecule has 1 aliphatic carbocycles. The first-order valence-corrected chi connectivity index (χ1v) is 9.61. The molecule has 2 N–H and O–H groups in total. The molecule has 122 valence electrons. The average Bonchev–Trinajstić information content (AvgIpc) is 3.11. The van der Waals surface area contributed by atoms with Crippen LogP contribution in [0.4, 0.5) is 0 Å². The molecule has 0 aromatic carbocycles. The third-order valence-electron chi connectivity index (χ3n) is 4.08. The first-order chi connectivity index (χ1) is 11.1. The van der Waals surface area contributed by atoms with Gasteiger partial charge in [0.05, 0.1) is 9.75 Å². The molecule has 2 amide bonds. The molecule has 3 rings (SSSR count). The number of rotatable bonds is 2. The largest absolute Gasteiger partial charge is 0.280 e. The Kier molecular flexibility index (Phi) is 5.13. The highest BCUT2D eigenvalue weighted by Gasteiger charge is 2.17. The van der Waals surface area contributed by atoms with Crippen LogP contribution in [0.1, 0.15) is 61.0 Å². The summed E-state index contributed by atoms with van der Waals surface area (Å²) in [5.41, 5.74) is 7.26. The summed E-state index contributed by atoms with van der Waals surface area (Å²) in [5, 5.41) is 1.87. The Morgan fingerprint density at radius 3 is 2.52 bits per heavy atom. The van der Waals surface area contributed by atoms with E-state index in [-0.39, 0.29) is 11.8 Å². The molecule has 0 aliphatic heterocycles. The molecule has 2 aromatic rings. The number of carbonyl (C=O) groups excluding carboxylic acids is 2. The van der Waals surface area contributed by atoms with E-state index < -0.39 is 0 Å². The SMILES string of the molecule is Cc1ccsc1C(=O)NNC(=O)c1cc2c(s1)CCCCCC2. The molecule has 1 aliphatic rings. The lowest BCUT2D eigenvalue weighted by atomic mass is 10.00. The molecule has 4 nitrogen and oxygen atoms in total. The Morgan fingerprint density at radius 1 is 1.04 bits per heavy atom. The summed E-state index contributed by atoms with van der Waals surface area (Å²) in [4.78, 5) is 27.0. The maximum absolute atomic E-state index is 12.3. The van der Waals surface area contributed by atoms with Crippen molar-refractivity contribution in [2.24, 2.45) is 0 Å². The number of hydrogen-bond donors (Lipinski definition) is 2. The van der Waals surface area contributed by atoms with Crippen LogP contribution in [0, 0.1) is 6.92 Å². The smallest absolute Gasteiger partial charge is 0.266 e. The van der Waals surface area contributed by atoms with Crippen molar-refractivity contribution in [2.45, 2.75) is 45.4 Å². The number of carbonyl (C=O) groups is 2. The highest BCUT2D eigenvalue weighted by atomic mass is 32.1. The molecule has 2 heterocycles. The molecule has 2 aromatic heterocycles. The summed E-state index contributed by atoms with van der Waals surface area (Å²) in [6, 6.07) is 3.88. The van der Waals surface area contributed by atoms with Crippen molar-refractivity contribution in [3.05, 3.63) is 43.3 Å². The van der Waals surface area contributed by atoms with E-state index in [1.165, 1.54) is 47.5 Å². The molecule has 0 unspecified atom stereocenters. The predicted octanol–water partition coefficient (Wildman–Crippen LogP) is 3.85. The predicted molar refractivity (Wildman–Crippen MR) is 94.2 cm³/mol. The highest BCUT2D eigenvalue weighted by molar-refractivity contribution is 7.14. The van der Waals surface area contributed by atoms with Gasteiger partial charge in [-0.25, -0.2) is 0 Å². The van der Waals surface area contributed by atoms with Gasteiger partial charge < -0.3 is 0 Å². The topological polar surface area (TPSA) is 58.2 Å².